The monoisotopic (exact) mass is 319 g/mol. The molecule has 0 atom stereocenters. The van der Waals surface area contributed by atoms with E-state index in [0.717, 1.165) is 25.5 Å². The van der Waals surface area contributed by atoms with E-state index in [1.54, 1.807) is 6.92 Å². The Morgan fingerprint density at radius 1 is 1.45 bits per heavy atom. The average Bonchev–Trinajstić information content (AvgIpc) is 2.42. The molecule has 1 rings (SSSR count). The summed E-state index contributed by atoms with van der Waals surface area (Å²) in [6.45, 7) is 2.15. The summed E-state index contributed by atoms with van der Waals surface area (Å²) in [5, 5.41) is 9.91. The van der Waals surface area contributed by atoms with Crippen molar-refractivity contribution in [3.05, 3.63) is 39.1 Å². The first-order chi connectivity index (χ1) is 9.42. The smallest absolute Gasteiger partial charge is 0.343 e. The number of esters is 1. The number of carbonyl (C=O) groups is 1. The van der Waals surface area contributed by atoms with E-state index in [9.17, 15) is 14.3 Å². The Balaban J connectivity index is 3.45. The van der Waals surface area contributed by atoms with Gasteiger partial charge in [-0.2, -0.15) is 0 Å². The van der Waals surface area contributed by atoms with Gasteiger partial charge >= 0.3 is 5.97 Å². The highest BCUT2D eigenvalue weighted by Crippen LogP contribution is 2.29. The number of halogens is 3. The Bertz CT molecular complexity index is 585. The third-order valence-electron chi connectivity index (χ3n) is 2.33. The van der Waals surface area contributed by atoms with E-state index < -0.39 is 17.5 Å². The predicted molar refractivity (Wildman–Crippen MR) is 77.0 cm³/mol. The minimum atomic E-state index is -0.814. The van der Waals surface area contributed by atoms with Crippen molar-refractivity contribution in [3.8, 4) is 0 Å². The van der Waals surface area contributed by atoms with Crippen LogP contribution in [0.3, 0.4) is 0 Å². The number of aliphatic imine (C=N–C) groups is 1. The lowest BCUT2D eigenvalue weighted by atomic mass is 10.1. The van der Waals surface area contributed by atoms with Crippen molar-refractivity contribution < 1.29 is 19.0 Å². The third kappa shape index (κ3) is 3.71. The molecule has 0 aliphatic rings. The van der Waals surface area contributed by atoms with Crippen LogP contribution in [0.5, 0.6) is 0 Å². The van der Waals surface area contributed by atoms with Crippen LogP contribution in [0.4, 0.5) is 4.39 Å². The van der Waals surface area contributed by atoms with Crippen LogP contribution in [-0.2, 0) is 9.53 Å². The predicted octanol–water partition coefficient (Wildman–Crippen LogP) is 3.67. The summed E-state index contributed by atoms with van der Waals surface area (Å²) >= 11 is 11.4. The molecule has 108 valence electrons. The number of rotatable bonds is 4. The van der Waals surface area contributed by atoms with Gasteiger partial charge in [-0.25, -0.2) is 9.18 Å². The van der Waals surface area contributed by atoms with Crippen molar-refractivity contribution in [1.82, 2.24) is 0 Å². The molecular formula is C13H12Cl2FNO3. The average molecular weight is 320 g/mol. The van der Waals surface area contributed by atoms with Crippen molar-refractivity contribution in [2.24, 2.45) is 4.99 Å². The minimum absolute atomic E-state index is 0.000187. The molecule has 0 unspecified atom stereocenters. The molecule has 1 aromatic carbocycles. The van der Waals surface area contributed by atoms with Gasteiger partial charge in [0.2, 0.25) is 0 Å². The molecule has 0 radical (unpaired) electrons. The molecule has 0 bridgehead atoms. The normalized spacial score (nSPS) is 12.4. The molecule has 1 aromatic rings. The summed E-state index contributed by atoms with van der Waals surface area (Å²) < 4.78 is 18.0. The number of benzene rings is 1. The maximum Gasteiger partial charge on any atom is 0.343 e. The summed E-state index contributed by atoms with van der Waals surface area (Å²) in [4.78, 5) is 15.5. The van der Waals surface area contributed by atoms with E-state index in [4.69, 9.17) is 23.2 Å². The fourth-order valence-electron chi connectivity index (χ4n) is 1.35. The fraction of sp³-hybridized carbons (Fsp3) is 0.231. The number of aliphatic hydroxyl groups is 1. The molecule has 0 fully saturated rings. The largest absolute Gasteiger partial charge is 0.506 e. The summed E-state index contributed by atoms with van der Waals surface area (Å²) in [5.74, 6) is -2.12. The van der Waals surface area contributed by atoms with E-state index in [1.807, 2.05) is 0 Å². The van der Waals surface area contributed by atoms with Crippen molar-refractivity contribution in [2.75, 3.05) is 13.7 Å². The summed E-state index contributed by atoms with van der Waals surface area (Å²) in [5.41, 5.74) is -0.297. The summed E-state index contributed by atoms with van der Waals surface area (Å²) in [7, 11) is 1.15. The number of ether oxygens (including phenoxy) is 1. The number of nitrogens with zero attached hydrogens (tertiary/aromatic N) is 1. The Labute approximate surface area is 125 Å². The van der Waals surface area contributed by atoms with Gasteiger partial charge in [-0.15, -0.1) is 0 Å². The van der Waals surface area contributed by atoms with E-state index in [1.165, 1.54) is 0 Å². The van der Waals surface area contributed by atoms with Gasteiger partial charge in [0, 0.05) is 18.3 Å². The highest BCUT2D eigenvalue weighted by Gasteiger charge is 2.19. The quantitative estimate of drug-likeness (QED) is 0.303. The van der Waals surface area contributed by atoms with Crippen LogP contribution in [0.25, 0.3) is 5.76 Å². The van der Waals surface area contributed by atoms with Crippen LogP contribution in [0.1, 0.15) is 12.5 Å². The second-order valence-electron chi connectivity index (χ2n) is 3.63. The zero-order valence-electron chi connectivity index (χ0n) is 10.8. The molecule has 0 spiro atoms. The number of methoxy groups -OCH3 is 1. The lowest BCUT2D eigenvalue weighted by Crippen LogP contribution is -2.09. The summed E-state index contributed by atoms with van der Waals surface area (Å²) in [6.07, 6.45) is 1.14. The van der Waals surface area contributed by atoms with Gasteiger partial charge in [-0.1, -0.05) is 23.2 Å². The van der Waals surface area contributed by atoms with Crippen LogP contribution in [0, 0.1) is 5.82 Å². The SMILES string of the molecule is CCN=C/C(C(=O)OC)=C(/O)c1cc(F)c(Cl)cc1Cl. The number of carbonyl (C=O) groups excluding carboxylic acids is 1. The van der Waals surface area contributed by atoms with Crippen LogP contribution in [0.2, 0.25) is 10.0 Å². The van der Waals surface area contributed by atoms with E-state index in [-0.39, 0.29) is 21.2 Å². The van der Waals surface area contributed by atoms with E-state index in [2.05, 4.69) is 9.73 Å². The van der Waals surface area contributed by atoms with Crippen molar-refractivity contribution in [2.45, 2.75) is 6.92 Å². The standard InChI is InChI=1S/C13H12Cl2FNO3/c1-3-17-6-8(13(19)20-2)12(18)7-4-11(16)10(15)5-9(7)14/h4-6,18H,3H2,1-2H3/b12-8-,17-6?. The Hall–Kier alpha value is -1.59. The Kier molecular flexibility index (Phi) is 5.98. The second-order valence-corrected chi connectivity index (χ2v) is 4.44. The number of hydrogen-bond donors (Lipinski definition) is 1. The van der Waals surface area contributed by atoms with Crippen LogP contribution in [-0.4, -0.2) is 30.9 Å². The van der Waals surface area contributed by atoms with Gasteiger partial charge in [-0.3, -0.25) is 4.99 Å². The van der Waals surface area contributed by atoms with Crippen molar-refractivity contribution >= 4 is 41.1 Å². The van der Waals surface area contributed by atoms with Crippen molar-refractivity contribution in [1.29, 1.82) is 0 Å². The van der Waals surface area contributed by atoms with E-state index in [0.29, 0.717) is 6.54 Å². The molecule has 20 heavy (non-hydrogen) atoms. The second kappa shape index (κ2) is 7.26. The highest BCUT2D eigenvalue weighted by molar-refractivity contribution is 6.36. The van der Waals surface area contributed by atoms with Crippen LogP contribution >= 0.6 is 23.2 Å². The van der Waals surface area contributed by atoms with Crippen molar-refractivity contribution in [3.63, 3.8) is 0 Å². The van der Waals surface area contributed by atoms with E-state index >= 15 is 0 Å². The summed E-state index contributed by atoms with van der Waals surface area (Å²) in [6, 6.07) is 2.07. The molecule has 0 heterocycles. The zero-order chi connectivity index (χ0) is 15.3. The Morgan fingerprint density at radius 3 is 2.65 bits per heavy atom. The lowest BCUT2D eigenvalue weighted by molar-refractivity contribution is -0.135. The first-order valence-electron chi connectivity index (χ1n) is 5.58. The third-order valence-corrected chi connectivity index (χ3v) is 2.93. The molecule has 0 amide bonds. The van der Waals surface area contributed by atoms with Gasteiger partial charge < -0.3 is 9.84 Å². The number of hydrogen-bond acceptors (Lipinski definition) is 4. The molecule has 0 aromatic heterocycles. The molecule has 0 saturated heterocycles. The molecular weight excluding hydrogens is 308 g/mol. The molecule has 4 nitrogen and oxygen atoms in total. The van der Waals surface area contributed by atoms with Crippen LogP contribution < -0.4 is 0 Å². The fourth-order valence-corrected chi connectivity index (χ4v) is 1.82. The van der Waals surface area contributed by atoms with Crippen LogP contribution in [0.15, 0.2) is 22.7 Å². The zero-order valence-corrected chi connectivity index (χ0v) is 12.3. The molecule has 0 aliphatic heterocycles. The molecule has 7 heteroatoms. The minimum Gasteiger partial charge on any atom is -0.506 e. The first-order valence-corrected chi connectivity index (χ1v) is 6.34. The highest BCUT2D eigenvalue weighted by atomic mass is 35.5. The Morgan fingerprint density at radius 2 is 2.10 bits per heavy atom. The van der Waals surface area contributed by atoms with Gasteiger partial charge in [0.05, 0.1) is 17.2 Å². The first kappa shape index (κ1) is 16.5. The van der Waals surface area contributed by atoms with Gasteiger partial charge in [-0.05, 0) is 19.1 Å². The molecule has 1 N–H and O–H groups in total. The van der Waals surface area contributed by atoms with Gasteiger partial charge in [0.15, 0.2) is 0 Å². The lowest BCUT2D eigenvalue weighted by Gasteiger charge is -2.08. The number of aliphatic hydroxyl groups excluding tert-OH is 1. The topological polar surface area (TPSA) is 58.9 Å². The molecule has 0 saturated carbocycles. The van der Waals surface area contributed by atoms with Gasteiger partial charge in [0.25, 0.3) is 0 Å². The maximum atomic E-state index is 13.4. The maximum absolute atomic E-state index is 13.4. The van der Waals surface area contributed by atoms with Gasteiger partial charge in [0.1, 0.15) is 17.1 Å². The molecule has 0 aliphatic carbocycles.